The zero-order chi connectivity index (χ0) is 21.6. The molecule has 0 aliphatic carbocycles. The number of carbonyl (C=O) groups is 4. The molecule has 2 atom stereocenters. The molecule has 2 aromatic rings. The van der Waals surface area contributed by atoms with Crippen LogP contribution in [0.4, 0.5) is 5.69 Å². The van der Waals surface area contributed by atoms with Crippen LogP contribution in [0.1, 0.15) is 47.1 Å². The van der Waals surface area contributed by atoms with Crippen LogP contribution in [-0.4, -0.2) is 35.7 Å². The van der Waals surface area contributed by atoms with Crippen molar-refractivity contribution in [3.05, 3.63) is 65.2 Å². The average Bonchev–Trinajstić information content (AvgIpc) is 2.67. The molecule has 29 heavy (non-hydrogen) atoms. The number of benzene rings is 2. The number of ketones is 1. The minimum Gasteiger partial charge on any atom is -0.451 e. The highest BCUT2D eigenvalue weighted by Gasteiger charge is 2.24. The SMILES string of the molecule is CC(=O)c1ccccc1NC(=O)[C@H](C)OC(=O)[C@H](C)NC(=O)c1cccc(C)c1. The number of carbonyl (C=O) groups excluding carboxylic acids is 4. The number of anilines is 1. The van der Waals surface area contributed by atoms with Gasteiger partial charge in [-0.25, -0.2) is 4.79 Å². The summed E-state index contributed by atoms with van der Waals surface area (Å²) in [6, 6.07) is 12.6. The summed E-state index contributed by atoms with van der Waals surface area (Å²) in [4.78, 5) is 48.5. The Balaban J connectivity index is 1.94. The number of hydrogen-bond acceptors (Lipinski definition) is 5. The summed E-state index contributed by atoms with van der Waals surface area (Å²) in [7, 11) is 0. The highest BCUT2D eigenvalue weighted by molar-refractivity contribution is 6.05. The summed E-state index contributed by atoms with van der Waals surface area (Å²) in [5.74, 6) is -1.93. The van der Waals surface area contributed by atoms with Gasteiger partial charge in [0.2, 0.25) is 0 Å². The van der Waals surface area contributed by atoms with Gasteiger partial charge < -0.3 is 15.4 Å². The fourth-order valence-electron chi connectivity index (χ4n) is 2.59. The van der Waals surface area contributed by atoms with Crippen LogP contribution in [0.15, 0.2) is 48.5 Å². The van der Waals surface area contributed by atoms with Crippen molar-refractivity contribution >= 4 is 29.3 Å². The number of para-hydroxylation sites is 1. The molecule has 0 unspecified atom stereocenters. The number of Topliss-reactive ketones (excluding diaryl/α,β-unsaturated/α-hetero) is 1. The number of ether oxygens (including phenoxy) is 1. The van der Waals surface area contributed by atoms with Gasteiger partial charge in [0.25, 0.3) is 11.8 Å². The van der Waals surface area contributed by atoms with Crippen molar-refractivity contribution in [3.63, 3.8) is 0 Å². The predicted molar refractivity (Wildman–Crippen MR) is 109 cm³/mol. The zero-order valence-corrected chi connectivity index (χ0v) is 16.8. The first-order chi connectivity index (χ1) is 13.7. The van der Waals surface area contributed by atoms with Crippen LogP contribution in [0.3, 0.4) is 0 Å². The molecule has 152 valence electrons. The van der Waals surface area contributed by atoms with E-state index in [1.54, 1.807) is 42.5 Å². The molecule has 7 heteroatoms. The zero-order valence-electron chi connectivity index (χ0n) is 16.8. The normalized spacial score (nSPS) is 12.4. The molecule has 0 fully saturated rings. The van der Waals surface area contributed by atoms with Crippen molar-refractivity contribution in [2.45, 2.75) is 39.8 Å². The topological polar surface area (TPSA) is 102 Å². The Morgan fingerprint density at radius 3 is 2.31 bits per heavy atom. The van der Waals surface area contributed by atoms with Gasteiger partial charge >= 0.3 is 5.97 Å². The molecule has 0 aliphatic heterocycles. The summed E-state index contributed by atoms with van der Waals surface area (Å²) in [6.45, 7) is 6.15. The summed E-state index contributed by atoms with van der Waals surface area (Å²) >= 11 is 0. The minimum absolute atomic E-state index is 0.196. The third-order valence-electron chi connectivity index (χ3n) is 4.21. The Hall–Kier alpha value is -3.48. The van der Waals surface area contributed by atoms with E-state index in [4.69, 9.17) is 4.74 Å². The van der Waals surface area contributed by atoms with Gasteiger partial charge in [0.15, 0.2) is 11.9 Å². The Morgan fingerprint density at radius 1 is 0.966 bits per heavy atom. The molecule has 2 aromatic carbocycles. The lowest BCUT2D eigenvalue weighted by Crippen LogP contribution is -2.42. The van der Waals surface area contributed by atoms with Gasteiger partial charge in [-0.3, -0.25) is 14.4 Å². The molecule has 2 rings (SSSR count). The van der Waals surface area contributed by atoms with Crippen molar-refractivity contribution in [1.29, 1.82) is 0 Å². The fraction of sp³-hybridized carbons (Fsp3) is 0.273. The van der Waals surface area contributed by atoms with Crippen molar-refractivity contribution in [1.82, 2.24) is 5.32 Å². The first kappa shape index (κ1) is 21.8. The molecular weight excluding hydrogens is 372 g/mol. The highest BCUT2D eigenvalue weighted by atomic mass is 16.5. The fourth-order valence-corrected chi connectivity index (χ4v) is 2.59. The maximum Gasteiger partial charge on any atom is 0.329 e. The molecule has 0 radical (unpaired) electrons. The summed E-state index contributed by atoms with van der Waals surface area (Å²) in [6.07, 6.45) is -1.11. The lowest BCUT2D eigenvalue weighted by Gasteiger charge is -2.18. The summed E-state index contributed by atoms with van der Waals surface area (Å²) < 4.78 is 5.16. The number of hydrogen-bond donors (Lipinski definition) is 2. The minimum atomic E-state index is -1.11. The van der Waals surface area contributed by atoms with E-state index in [9.17, 15) is 19.2 Å². The molecule has 2 N–H and O–H groups in total. The van der Waals surface area contributed by atoms with Crippen LogP contribution in [0.5, 0.6) is 0 Å². The van der Waals surface area contributed by atoms with E-state index in [0.717, 1.165) is 5.56 Å². The molecule has 0 heterocycles. The third-order valence-corrected chi connectivity index (χ3v) is 4.21. The van der Waals surface area contributed by atoms with Gasteiger partial charge in [0.1, 0.15) is 6.04 Å². The quantitative estimate of drug-likeness (QED) is 0.553. The van der Waals surface area contributed by atoms with Gasteiger partial charge in [-0.2, -0.15) is 0 Å². The van der Waals surface area contributed by atoms with E-state index in [2.05, 4.69) is 10.6 Å². The monoisotopic (exact) mass is 396 g/mol. The second-order valence-corrected chi connectivity index (χ2v) is 6.73. The van der Waals surface area contributed by atoms with Crippen LogP contribution >= 0.6 is 0 Å². The Morgan fingerprint density at radius 2 is 1.66 bits per heavy atom. The van der Waals surface area contributed by atoms with Crippen molar-refractivity contribution in [2.24, 2.45) is 0 Å². The standard InChI is InChI=1S/C22H24N2O5/c1-13-8-7-9-17(12-13)21(27)23-14(2)22(28)29-16(4)20(26)24-19-11-6-5-10-18(19)15(3)25/h5-12,14,16H,1-4H3,(H,23,27)(H,24,26)/t14-,16-/m0/s1. The van der Waals surface area contributed by atoms with E-state index < -0.39 is 29.9 Å². The lowest BCUT2D eigenvalue weighted by molar-refractivity contribution is -0.154. The van der Waals surface area contributed by atoms with Crippen LogP contribution in [0.25, 0.3) is 0 Å². The smallest absolute Gasteiger partial charge is 0.329 e. The number of aryl methyl sites for hydroxylation is 1. The van der Waals surface area contributed by atoms with Crippen LogP contribution in [0, 0.1) is 6.92 Å². The van der Waals surface area contributed by atoms with Gasteiger partial charge in [-0.05, 0) is 52.0 Å². The van der Waals surface area contributed by atoms with Crippen molar-refractivity contribution in [3.8, 4) is 0 Å². The maximum absolute atomic E-state index is 12.3. The Bertz CT molecular complexity index is 938. The van der Waals surface area contributed by atoms with Gasteiger partial charge in [-0.1, -0.05) is 29.8 Å². The lowest BCUT2D eigenvalue weighted by atomic mass is 10.1. The average molecular weight is 396 g/mol. The highest BCUT2D eigenvalue weighted by Crippen LogP contribution is 2.16. The summed E-state index contributed by atoms with van der Waals surface area (Å²) in [5, 5.41) is 5.14. The molecule has 0 spiro atoms. The van der Waals surface area contributed by atoms with E-state index >= 15 is 0 Å². The number of nitrogens with one attached hydrogen (secondary N) is 2. The summed E-state index contributed by atoms with van der Waals surface area (Å²) in [5.41, 5.74) is 2.05. The number of esters is 1. The predicted octanol–water partition coefficient (Wildman–Crippen LogP) is 2.89. The Labute approximate surface area is 169 Å². The molecular formula is C22H24N2O5. The van der Waals surface area contributed by atoms with Crippen molar-refractivity contribution < 1.29 is 23.9 Å². The third kappa shape index (κ3) is 6.00. The van der Waals surface area contributed by atoms with Gasteiger partial charge in [0.05, 0.1) is 5.69 Å². The second kappa shape index (κ2) is 9.64. The van der Waals surface area contributed by atoms with Crippen LogP contribution < -0.4 is 10.6 Å². The molecule has 0 saturated carbocycles. The first-order valence-electron chi connectivity index (χ1n) is 9.18. The number of amides is 2. The second-order valence-electron chi connectivity index (χ2n) is 6.73. The largest absolute Gasteiger partial charge is 0.451 e. The molecule has 2 amide bonds. The van der Waals surface area contributed by atoms with E-state index in [0.29, 0.717) is 16.8 Å². The molecule has 0 saturated heterocycles. The van der Waals surface area contributed by atoms with Crippen molar-refractivity contribution in [2.75, 3.05) is 5.32 Å². The Kier molecular flexibility index (Phi) is 7.25. The number of rotatable bonds is 7. The molecule has 0 aliphatic rings. The van der Waals surface area contributed by atoms with Gasteiger partial charge in [0, 0.05) is 11.1 Å². The molecule has 0 aromatic heterocycles. The van der Waals surface area contributed by atoms with E-state index in [1.165, 1.54) is 20.8 Å². The molecule has 7 nitrogen and oxygen atoms in total. The van der Waals surface area contributed by atoms with Gasteiger partial charge in [-0.15, -0.1) is 0 Å². The molecule has 0 bridgehead atoms. The van der Waals surface area contributed by atoms with Crippen LogP contribution in [-0.2, 0) is 14.3 Å². The van der Waals surface area contributed by atoms with E-state index in [-0.39, 0.29) is 5.78 Å². The maximum atomic E-state index is 12.3. The van der Waals surface area contributed by atoms with E-state index in [1.807, 2.05) is 13.0 Å². The van der Waals surface area contributed by atoms with Crippen LogP contribution in [0.2, 0.25) is 0 Å². The first-order valence-corrected chi connectivity index (χ1v) is 9.18.